The van der Waals surface area contributed by atoms with Gasteiger partial charge in [0.1, 0.15) is 5.75 Å². The van der Waals surface area contributed by atoms with E-state index in [1.807, 2.05) is 55.5 Å². The molecule has 7 atom stereocenters. The average molecular weight is 684 g/mol. The average Bonchev–Trinajstić information content (AvgIpc) is 3.83. The van der Waals surface area contributed by atoms with E-state index in [1.54, 1.807) is 43.1 Å². The van der Waals surface area contributed by atoms with Crippen molar-refractivity contribution in [3.05, 3.63) is 92.9 Å². The van der Waals surface area contributed by atoms with Crippen LogP contribution in [0.2, 0.25) is 0 Å². The van der Waals surface area contributed by atoms with E-state index in [0.717, 1.165) is 21.9 Å². The number of methoxy groups -OCH3 is 1. The topological polar surface area (TPSA) is 127 Å². The minimum atomic E-state index is -0.387. The van der Waals surface area contributed by atoms with E-state index in [-0.39, 0.29) is 70.0 Å². The zero-order valence-electron chi connectivity index (χ0n) is 26.2. The Bertz CT molecular complexity index is 1960. The number of ether oxygens (including phenoxy) is 3. The molecule has 2 N–H and O–H groups in total. The van der Waals surface area contributed by atoms with Crippen molar-refractivity contribution in [1.82, 2.24) is 4.98 Å². The number of nitrogens with one attached hydrogen (secondary N) is 2. The zero-order valence-corrected chi connectivity index (χ0v) is 27.8. The number of H-pyrrole nitrogens is 1. The number of amides is 3. The van der Waals surface area contributed by atoms with Gasteiger partial charge in [0.15, 0.2) is 18.1 Å². The second-order valence-electron chi connectivity index (χ2n) is 12.5. The van der Waals surface area contributed by atoms with E-state index in [9.17, 15) is 19.2 Å². The first kappa shape index (κ1) is 30.8. The third kappa shape index (κ3) is 5.00. The van der Waals surface area contributed by atoms with Gasteiger partial charge in [-0.3, -0.25) is 24.1 Å². The minimum Gasteiger partial charge on any atom is -0.497 e. The number of para-hydroxylation sites is 1. The van der Waals surface area contributed by atoms with Gasteiger partial charge >= 0.3 is 4.87 Å². The van der Waals surface area contributed by atoms with E-state index in [1.165, 1.54) is 16.2 Å². The number of fused-ring (bicyclic) bond motifs is 9. The lowest BCUT2D eigenvalue weighted by atomic mass is 9.68. The van der Waals surface area contributed by atoms with E-state index in [4.69, 9.17) is 14.2 Å². The number of imide groups is 1. The first-order valence-corrected chi connectivity index (χ1v) is 17.7. The molecule has 4 aromatic rings. The van der Waals surface area contributed by atoms with Gasteiger partial charge in [0.25, 0.3) is 5.91 Å². The Kier molecular flexibility index (Phi) is 7.79. The lowest BCUT2D eigenvalue weighted by molar-refractivity contribution is -0.123. The first-order valence-electron chi connectivity index (χ1n) is 16.0. The molecule has 246 valence electrons. The molecule has 48 heavy (non-hydrogen) atoms. The van der Waals surface area contributed by atoms with Crippen LogP contribution in [0.5, 0.6) is 17.2 Å². The number of thioether (sulfide) groups is 1. The highest BCUT2D eigenvalue weighted by molar-refractivity contribution is 8.00. The Morgan fingerprint density at radius 2 is 1.69 bits per heavy atom. The van der Waals surface area contributed by atoms with Crippen molar-refractivity contribution in [2.45, 2.75) is 29.5 Å². The molecule has 2 bridgehead atoms. The van der Waals surface area contributed by atoms with Crippen molar-refractivity contribution in [2.75, 3.05) is 30.5 Å². The number of carbonyl (C=O) groups excluding carboxylic acids is 3. The summed E-state index contributed by atoms with van der Waals surface area (Å²) in [6.07, 6.45) is 0.802. The molecule has 10 nitrogen and oxygen atoms in total. The third-order valence-corrected chi connectivity index (χ3v) is 12.7. The number of nitrogens with zero attached hydrogens (tertiary/aromatic N) is 1. The lowest BCUT2D eigenvalue weighted by Gasteiger charge is -2.43. The highest BCUT2D eigenvalue weighted by atomic mass is 32.2. The summed E-state index contributed by atoms with van der Waals surface area (Å²) in [7, 11) is 1.58. The Balaban J connectivity index is 1.09. The molecule has 2 aliphatic heterocycles. The predicted octanol–water partition coefficient (Wildman–Crippen LogP) is 5.54. The smallest absolute Gasteiger partial charge is 0.305 e. The molecular formula is C36H33N3O7S2. The molecule has 1 aromatic heterocycles. The van der Waals surface area contributed by atoms with Crippen LogP contribution in [0.1, 0.15) is 29.7 Å². The van der Waals surface area contributed by atoms with Crippen LogP contribution < -0.4 is 29.3 Å². The fraction of sp³-hybridized carbons (Fsp3) is 0.333. The first-order chi connectivity index (χ1) is 23.4. The zero-order chi connectivity index (χ0) is 33.1. The monoisotopic (exact) mass is 683 g/mol. The summed E-state index contributed by atoms with van der Waals surface area (Å²) in [6, 6.07) is 21.9. The number of aromatic nitrogens is 1. The van der Waals surface area contributed by atoms with Crippen LogP contribution in [0, 0.1) is 29.6 Å². The van der Waals surface area contributed by atoms with Gasteiger partial charge in [-0.2, -0.15) is 0 Å². The quantitative estimate of drug-likeness (QED) is 0.220. The number of rotatable bonds is 9. The largest absolute Gasteiger partial charge is 0.497 e. The fourth-order valence-corrected chi connectivity index (χ4v) is 11.2. The summed E-state index contributed by atoms with van der Waals surface area (Å²) in [5.74, 6) is 0.204. The molecule has 3 fully saturated rings. The molecule has 3 aromatic carbocycles. The number of benzene rings is 3. The second-order valence-corrected chi connectivity index (χ2v) is 14.7. The van der Waals surface area contributed by atoms with Crippen molar-refractivity contribution in [3.8, 4) is 17.2 Å². The highest BCUT2D eigenvalue weighted by Gasteiger charge is 2.69. The summed E-state index contributed by atoms with van der Waals surface area (Å²) >= 11 is 2.86. The second kappa shape index (κ2) is 12.2. The van der Waals surface area contributed by atoms with Crippen LogP contribution in [-0.4, -0.2) is 48.3 Å². The van der Waals surface area contributed by atoms with Crippen LogP contribution >= 0.6 is 23.1 Å². The van der Waals surface area contributed by atoms with Gasteiger partial charge < -0.3 is 24.5 Å². The van der Waals surface area contributed by atoms with E-state index < -0.39 is 0 Å². The standard InChI is InChI=1S/C36H33N3O7S2/c1-3-45-25-15-18(9-14-24(25)46-17-26(40)37-19-10-12-21(44-2)13-11-19)27-28-22-16-23(31(28)47-33-32(27)48-36(43)38-33)30-29(22)34(41)39(35(30)42)20-7-5-4-6-8-20/h4-15,22-23,27-31H,3,16-17H2,1-2H3,(H,37,40)(H,38,43)/t22-,23-,27+,28-,29+,30+,31-/m1/s1. The molecule has 1 saturated heterocycles. The molecular weight excluding hydrogens is 651 g/mol. The maximum atomic E-state index is 14.0. The number of thiazole rings is 1. The van der Waals surface area contributed by atoms with Crippen molar-refractivity contribution in [1.29, 1.82) is 0 Å². The molecule has 3 amide bonds. The third-order valence-electron chi connectivity index (χ3n) is 10.1. The maximum absolute atomic E-state index is 14.0. The summed E-state index contributed by atoms with van der Waals surface area (Å²) in [5.41, 5.74) is 2.19. The van der Waals surface area contributed by atoms with E-state index in [2.05, 4.69) is 10.3 Å². The Morgan fingerprint density at radius 1 is 0.938 bits per heavy atom. The van der Waals surface area contributed by atoms with Gasteiger partial charge in [0.05, 0.1) is 36.3 Å². The number of carbonyl (C=O) groups is 3. The van der Waals surface area contributed by atoms with Gasteiger partial charge in [0, 0.05) is 21.7 Å². The number of hydrogen-bond donors (Lipinski definition) is 2. The molecule has 12 heteroatoms. The molecule has 8 rings (SSSR count). The van der Waals surface area contributed by atoms with Gasteiger partial charge in [0.2, 0.25) is 11.8 Å². The molecule has 4 aliphatic rings. The van der Waals surface area contributed by atoms with Crippen LogP contribution in [0.4, 0.5) is 11.4 Å². The van der Waals surface area contributed by atoms with Gasteiger partial charge in [-0.25, -0.2) is 0 Å². The molecule has 3 heterocycles. The molecule has 0 unspecified atom stereocenters. The molecule has 0 radical (unpaired) electrons. The van der Waals surface area contributed by atoms with Crippen LogP contribution in [0.15, 0.2) is 82.6 Å². The van der Waals surface area contributed by atoms with Crippen LogP contribution in [-0.2, 0) is 14.4 Å². The molecule has 0 spiro atoms. The lowest BCUT2D eigenvalue weighted by Crippen LogP contribution is -2.42. The highest BCUT2D eigenvalue weighted by Crippen LogP contribution is 2.68. The summed E-state index contributed by atoms with van der Waals surface area (Å²) in [5, 5.41) is 3.73. The van der Waals surface area contributed by atoms with E-state index >= 15 is 0 Å². The van der Waals surface area contributed by atoms with Crippen molar-refractivity contribution in [3.63, 3.8) is 0 Å². The SMILES string of the molecule is CCOc1cc([C@@H]2c3sc(=O)[nH]c3S[C@@H]3[C@@H]4C[C@@H]([C@@H]5C(=O)N(c6ccccc6)C(=O)[C@@H]45)[C@H]23)ccc1OCC(=O)Nc1ccc(OC)cc1. The fourth-order valence-electron chi connectivity index (χ4n) is 8.34. The minimum absolute atomic E-state index is 0.00821. The normalized spacial score (nSPS) is 26.5. The van der Waals surface area contributed by atoms with Crippen molar-refractivity contribution >= 4 is 52.2 Å². The van der Waals surface area contributed by atoms with Gasteiger partial charge in [-0.15, -0.1) is 11.8 Å². The van der Waals surface area contributed by atoms with Crippen molar-refractivity contribution < 1.29 is 28.6 Å². The van der Waals surface area contributed by atoms with Crippen molar-refractivity contribution in [2.24, 2.45) is 29.6 Å². The van der Waals surface area contributed by atoms with E-state index in [0.29, 0.717) is 35.2 Å². The molecule has 2 aliphatic carbocycles. The Morgan fingerprint density at radius 3 is 2.42 bits per heavy atom. The number of hydrogen-bond acceptors (Lipinski definition) is 9. The maximum Gasteiger partial charge on any atom is 0.305 e. The van der Waals surface area contributed by atoms with Gasteiger partial charge in [-0.05, 0) is 85.2 Å². The summed E-state index contributed by atoms with van der Waals surface area (Å²) in [6.45, 7) is 2.04. The van der Waals surface area contributed by atoms with Gasteiger partial charge in [-0.1, -0.05) is 35.6 Å². The molecule has 2 saturated carbocycles. The van der Waals surface area contributed by atoms with Crippen LogP contribution in [0.25, 0.3) is 0 Å². The number of anilines is 2. The van der Waals surface area contributed by atoms with Crippen LogP contribution in [0.3, 0.4) is 0 Å². The Labute approximate surface area is 284 Å². The predicted molar refractivity (Wildman–Crippen MR) is 182 cm³/mol. The number of aromatic amines is 1. The Hall–Kier alpha value is -4.55. The summed E-state index contributed by atoms with van der Waals surface area (Å²) in [4.78, 5) is 58.5. The summed E-state index contributed by atoms with van der Waals surface area (Å²) < 4.78 is 17.2.